The summed E-state index contributed by atoms with van der Waals surface area (Å²) in [6.07, 6.45) is 0. The lowest BCUT2D eigenvalue weighted by atomic mass is 9.95. The van der Waals surface area contributed by atoms with Gasteiger partial charge in [0.25, 0.3) is 0 Å². The SMILES string of the molecule is c1ccc(-c2cccc(N(c3ccc(-c4cc5ccccc5c5sc6ccccc6c45)cc3)c3ccc4c5ccccc5n(-c5ccccc5)c4c3)c2)cc1. The van der Waals surface area contributed by atoms with E-state index in [2.05, 4.69) is 216 Å². The van der Waals surface area contributed by atoms with Gasteiger partial charge >= 0.3 is 0 Å². The molecule has 2 aromatic heterocycles. The van der Waals surface area contributed by atoms with Gasteiger partial charge in [0.2, 0.25) is 0 Å². The third-order valence-electron chi connectivity index (χ3n) is 10.9. The number of anilines is 3. The van der Waals surface area contributed by atoms with Gasteiger partial charge in [0.1, 0.15) is 0 Å². The summed E-state index contributed by atoms with van der Waals surface area (Å²) in [6.45, 7) is 0. The van der Waals surface area contributed by atoms with E-state index in [9.17, 15) is 0 Å². The molecule has 0 aliphatic heterocycles. The molecule has 0 amide bonds. The van der Waals surface area contributed by atoms with E-state index < -0.39 is 0 Å². The van der Waals surface area contributed by atoms with Gasteiger partial charge in [-0.05, 0) is 99.8 Å². The minimum atomic E-state index is 1.10. The molecule has 11 aromatic rings. The first-order valence-corrected chi connectivity index (χ1v) is 19.6. The van der Waals surface area contributed by atoms with E-state index >= 15 is 0 Å². The minimum absolute atomic E-state index is 1.10. The number of hydrogen-bond acceptors (Lipinski definition) is 2. The molecule has 0 fully saturated rings. The number of para-hydroxylation sites is 2. The van der Waals surface area contributed by atoms with E-state index in [1.807, 2.05) is 11.3 Å². The largest absolute Gasteiger partial charge is 0.310 e. The van der Waals surface area contributed by atoms with Crippen molar-refractivity contribution >= 4 is 81.1 Å². The summed E-state index contributed by atoms with van der Waals surface area (Å²) < 4.78 is 5.06. The molecule has 9 aromatic carbocycles. The third kappa shape index (κ3) is 5.24. The quantitative estimate of drug-likeness (QED) is 0.166. The van der Waals surface area contributed by atoms with E-state index in [0.717, 1.165) is 22.7 Å². The van der Waals surface area contributed by atoms with Crippen molar-refractivity contribution in [3.8, 4) is 27.9 Å². The Bertz CT molecular complexity index is 3190. The van der Waals surface area contributed by atoms with E-state index in [4.69, 9.17) is 0 Å². The van der Waals surface area contributed by atoms with Gasteiger partial charge in [0.05, 0.1) is 11.0 Å². The number of nitrogens with zero attached hydrogens (tertiary/aromatic N) is 2. The second-order valence-electron chi connectivity index (χ2n) is 14.1. The topological polar surface area (TPSA) is 8.17 Å². The van der Waals surface area contributed by atoms with Crippen molar-refractivity contribution in [3.05, 3.63) is 206 Å². The maximum Gasteiger partial charge on any atom is 0.0561 e. The normalized spacial score (nSPS) is 11.6. The number of fused-ring (bicyclic) bond motifs is 8. The average Bonchev–Trinajstić information content (AvgIpc) is 3.81. The van der Waals surface area contributed by atoms with Crippen LogP contribution in [0.15, 0.2) is 206 Å². The second-order valence-corrected chi connectivity index (χ2v) is 15.2. The van der Waals surface area contributed by atoms with Gasteiger partial charge in [-0.1, -0.05) is 140 Å². The lowest BCUT2D eigenvalue weighted by molar-refractivity contribution is 1.18. The van der Waals surface area contributed by atoms with Gasteiger partial charge in [0.15, 0.2) is 0 Å². The average molecular weight is 719 g/mol. The van der Waals surface area contributed by atoms with Gasteiger partial charge in [-0.25, -0.2) is 0 Å². The molecule has 2 heterocycles. The summed E-state index contributed by atoms with van der Waals surface area (Å²) in [5.74, 6) is 0. The summed E-state index contributed by atoms with van der Waals surface area (Å²) >= 11 is 1.89. The Morgan fingerprint density at radius 3 is 1.85 bits per heavy atom. The highest BCUT2D eigenvalue weighted by Crippen LogP contribution is 2.46. The number of hydrogen-bond donors (Lipinski definition) is 0. The molecule has 0 saturated heterocycles. The standard InChI is InChI=1S/C52H34N2S/c1-3-14-35(15-4-1)37-17-13-20-41(32-37)53(42-30-31-45-44-22-9-11-24-48(44)54(49(45)34-42)39-18-5-2-6-19-39)40-28-26-36(27-29-40)47-33-38-16-7-8-21-43(38)52-51(47)46-23-10-12-25-50(46)55-52/h1-34H. The number of benzene rings is 9. The molecule has 258 valence electrons. The maximum absolute atomic E-state index is 2.40. The van der Waals surface area contributed by atoms with Gasteiger partial charge in [-0.2, -0.15) is 0 Å². The molecule has 0 aliphatic carbocycles. The molecule has 2 nitrogen and oxygen atoms in total. The number of aromatic nitrogens is 1. The first kappa shape index (κ1) is 31.6. The van der Waals surface area contributed by atoms with Crippen molar-refractivity contribution in [2.75, 3.05) is 4.90 Å². The van der Waals surface area contributed by atoms with Gasteiger partial charge in [-0.15, -0.1) is 11.3 Å². The minimum Gasteiger partial charge on any atom is -0.310 e. The second kappa shape index (κ2) is 12.9. The van der Waals surface area contributed by atoms with Crippen LogP contribution in [0.2, 0.25) is 0 Å². The molecule has 11 rings (SSSR count). The molecule has 3 heteroatoms. The lowest BCUT2D eigenvalue weighted by Gasteiger charge is -2.26. The Kier molecular flexibility index (Phi) is 7.39. The van der Waals surface area contributed by atoms with Gasteiger partial charge in [-0.3, -0.25) is 0 Å². The zero-order valence-corrected chi connectivity index (χ0v) is 30.7. The summed E-state index contributed by atoms with van der Waals surface area (Å²) in [4.78, 5) is 2.40. The van der Waals surface area contributed by atoms with Crippen LogP contribution in [0.5, 0.6) is 0 Å². The van der Waals surface area contributed by atoms with Crippen LogP contribution in [0.4, 0.5) is 17.1 Å². The van der Waals surface area contributed by atoms with E-state index in [0.29, 0.717) is 0 Å². The third-order valence-corrected chi connectivity index (χ3v) is 12.2. The highest BCUT2D eigenvalue weighted by Gasteiger charge is 2.19. The molecule has 0 saturated carbocycles. The monoisotopic (exact) mass is 718 g/mol. The Morgan fingerprint density at radius 2 is 1.02 bits per heavy atom. The fraction of sp³-hybridized carbons (Fsp3) is 0. The molecule has 0 atom stereocenters. The predicted molar refractivity (Wildman–Crippen MR) is 237 cm³/mol. The van der Waals surface area contributed by atoms with Crippen molar-refractivity contribution in [3.63, 3.8) is 0 Å². The van der Waals surface area contributed by atoms with Crippen LogP contribution < -0.4 is 4.90 Å². The summed E-state index contributed by atoms with van der Waals surface area (Å²) in [6, 6.07) is 75.1. The summed E-state index contributed by atoms with van der Waals surface area (Å²) in [7, 11) is 0. The fourth-order valence-corrected chi connectivity index (χ4v) is 9.70. The smallest absolute Gasteiger partial charge is 0.0561 e. The molecule has 0 radical (unpaired) electrons. The predicted octanol–water partition coefficient (Wildman–Crippen LogP) is 15.1. The number of rotatable bonds is 6. The molecule has 0 spiro atoms. The lowest BCUT2D eigenvalue weighted by Crippen LogP contribution is -2.10. The van der Waals surface area contributed by atoms with Crippen molar-refractivity contribution < 1.29 is 0 Å². The highest BCUT2D eigenvalue weighted by atomic mass is 32.1. The molecule has 0 bridgehead atoms. The van der Waals surface area contributed by atoms with Crippen LogP contribution in [-0.2, 0) is 0 Å². The molecule has 0 aliphatic rings. The van der Waals surface area contributed by atoms with E-state index in [1.54, 1.807) is 0 Å². The molecular formula is C52H34N2S. The number of thiophene rings is 1. The fourth-order valence-electron chi connectivity index (χ4n) is 8.43. The zero-order valence-electron chi connectivity index (χ0n) is 29.9. The highest BCUT2D eigenvalue weighted by molar-refractivity contribution is 7.26. The Morgan fingerprint density at radius 1 is 0.382 bits per heavy atom. The van der Waals surface area contributed by atoms with Crippen LogP contribution in [-0.4, -0.2) is 4.57 Å². The Labute approximate surface area is 323 Å². The maximum atomic E-state index is 2.40. The van der Waals surface area contributed by atoms with Crippen molar-refractivity contribution in [2.45, 2.75) is 0 Å². The van der Waals surface area contributed by atoms with E-state index in [-0.39, 0.29) is 0 Å². The van der Waals surface area contributed by atoms with Crippen LogP contribution in [0.25, 0.3) is 80.7 Å². The first-order chi connectivity index (χ1) is 27.3. The first-order valence-electron chi connectivity index (χ1n) is 18.8. The van der Waals surface area contributed by atoms with Crippen LogP contribution in [0, 0.1) is 0 Å². The van der Waals surface area contributed by atoms with Crippen LogP contribution >= 0.6 is 11.3 Å². The van der Waals surface area contributed by atoms with Crippen molar-refractivity contribution in [1.29, 1.82) is 0 Å². The van der Waals surface area contributed by atoms with E-state index in [1.165, 1.54) is 75.0 Å². The zero-order chi connectivity index (χ0) is 36.3. The van der Waals surface area contributed by atoms with Gasteiger partial charge in [0, 0.05) is 53.7 Å². The van der Waals surface area contributed by atoms with Crippen LogP contribution in [0.1, 0.15) is 0 Å². The molecule has 55 heavy (non-hydrogen) atoms. The van der Waals surface area contributed by atoms with Gasteiger partial charge < -0.3 is 9.47 Å². The Balaban J connectivity index is 1.12. The summed E-state index contributed by atoms with van der Waals surface area (Å²) in [5.41, 5.74) is 11.7. The molecule has 0 N–H and O–H groups in total. The van der Waals surface area contributed by atoms with Crippen LogP contribution in [0.3, 0.4) is 0 Å². The van der Waals surface area contributed by atoms with Crippen molar-refractivity contribution in [2.24, 2.45) is 0 Å². The van der Waals surface area contributed by atoms with Crippen molar-refractivity contribution in [1.82, 2.24) is 4.57 Å². The Hall–Kier alpha value is -6.94. The molecule has 0 unspecified atom stereocenters. The summed E-state index contributed by atoms with van der Waals surface area (Å²) in [5, 5.41) is 7.71. The molecular weight excluding hydrogens is 685 g/mol.